The predicted molar refractivity (Wildman–Crippen MR) is 200 cm³/mol. The van der Waals surface area contributed by atoms with Crippen molar-refractivity contribution in [3.05, 3.63) is 72.9 Å². The van der Waals surface area contributed by atoms with Crippen molar-refractivity contribution in [2.24, 2.45) is 0 Å². The van der Waals surface area contributed by atoms with Gasteiger partial charge in [0, 0.05) is 13.0 Å². The van der Waals surface area contributed by atoms with Gasteiger partial charge in [-0.2, -0.15) is 0 Å². The molecule has 1 atom stereocenters. The number of unbranched alkanes of at least 4 members (excludes halogenated alkanes) is 14. The van der Waals surface area contributed by atoms with Crippen LogP contribution in [0.2, 0.25) is 0 Å². The van der Waals surface area contributed by atoms with Crippen LogP contribution in [0.15, 0.2) is 72.9 Å². The smallest absolute Gasteiger partial charge is 0.306 e. The summed E-state index contributed by atoms with van der Waals surface area (Å²) in [6, 6.07) is 0. The molecule has 264 valence electrons. The second-order valence-corrected chi connectivity index (χ2v) is 12.3. The van der Waals surface area contributed by atoms with Gasteiger partial charge >= 0.3 is 5.97 Å². The first kappa shape index (κ1) is 43.8. The number of esters is 1. The zero-order valence-electron chi connectivity index (χ0n) is 30.1. The Morgan fingerprint density at radius 2 is 0.978 bits per heavy atom. The van der Waals surface area contributed by atoms with Gasteiger partial charge in [0.1, 0.15) is 6.10 Å². The van der Waals surface area contributed by atoms with E-state index in [0.717, 1.165) is 64.2 Å². The Morgan fingerprint density at radius 3 is 1.48 bits per heavy atom. The molecule has 0 rings (SSSR count). The molecule has 0 aromatic heterocycles. The molecule has 0 aliphatic rings. The lowest BCUT2D eigenvalue weighted by atomic mass is 10.1. The second-order valence-electron chi connectivity index (χ2n) is 12.3. The molecule has 4 heteroatoms. The SMILES string of the molecule is CC/C=C\C/C=C\C/C=C\C/C=C\CCCCC(=O)OC(CO)COCCCCCCCCCC/C=C\C/C=C\CCCCCC. The Bertz CT molecular complexity index is 804. The van der Waals surface area contributed by atoms with E-state index in [0.29, 0.717) is 13.0 Å². The summed E-state index contributed by atoms with van der Waals surface area (Å²) in [6.07, 6.45) is 52.3. The lowest BCUT2D eigenvalue weighted by Gasteiger charge is -2.15. The topological polar surface area (TPSA) is 55.8 Å². The van der Waals surface area contributed by atoms with E-state index in [-0.39, 0.29) is 19.2 Å². The molecule has 0 fully saturated rings. The summed E-state index contributed by atoms with van der Waals surface area (Å²) in [6.45, 7) is 5.14. The van der Waals surface area contributed by atoms with Gasteiger partial charge in [0.25, 0.3) is 0 Å². The Hall–Kier alpha value is -2.17. The zero-order valence-corrected chi connectivity index (χ0v) is 30.1. The average molecular weight is 641 g/mol. The van der Waals surface area contributed by atoms with Crippen LogP contribution in [0, 0.1) is 0 Å². The fourth-order valence-electron chi connectivity index (χ4n) is 4.94. The molecule has 0 saturated heterocycles. The minimum atomic E-state index is -0.562. The number of carbonyl (C=O) groups excluding carboxylic acids is 1. The minimum Gasteiger partial charge on any atom is -0.457 e. The van der Waals surface area contributed by atoms with E-state index in [2.05, 4.69) is 86.8 Å². The average Bonchev–Trinajstić information content (AvgIpc) is 3.06. The molecule has 0 saturated carbocycles. The quantitative estimate of drug-likeness (QED) is 0.0432. The maximum Gasteiger partial charge on any atom is 0.306 e. The van der Waals surface area contributed by atoms with Crippen molar-refractivity contribution in [1.82, 2.24) is 0 Å². The minimum absolute atomic E-state index is 0.195. The number of allylic oxidation sites excluding steroid dienone is 12. The Balaban J connectivity index is 3.54. The predicted octanol–water partition coefficient (Wildman–Crippen LogP) is 12.3. The van der Waals surface area contributed by atoms with Gasteiger partial charge in [0.15, 0.2) is 0 Å². The third-order valence-corrected chi connectivity index (χ3v) is 7.77. The third kappa shape index (κ3) is 36.3. The zero-order chi connectivity index (χ0) is 33.4. The monoisotopic (exact) mass is 641 g/mol. The van der Waals surface area contributed by atoms with E-state index in [9.17, 15) is 9.90 Å². The standard InChI is InChI=1S/C42H72O4/c1-3-5-7-9-11-13-15-17-19-20-21-22-24-26-28-30-32-34-36-38-45-40-41(39-43)46-42(44)37-35-33-31-29-27-25-23-18-16-14-12-10-8-6-4-2/h6,8,12-15,18-20,23,27,29,41,43H,3-5,7,9-11,16-17,21-22,24-26,28,30-40H2,1-2H3/b8-6-,14-12-,15-13-,20-19-,23-18-,29-27-. The summed E-state index contributed by atoms with van der Waals surface area (Å²) in [4.78, 5) is 12.1. The van der Waals surface area contributed by atoms with Gasteiger partial charge in [0.05, 0.1) is 13.2 Å². The van der Waals surface area contributed by atoms with Gasteiger partial charge in [-0.05, 0) is 83.5 Å². The van der Waals surface area contributed by atoms with Crippen LogP contribution >= 0.6 is 0 Å². The molecule has 1 N–H and O–H groups in total. The molecular weight excluding hydrogens is 568 g/mol. The van der Waals surface area contributed by atoms with Crippen molar-refractivity contribution >= 4 is 5.97 Å². The number of hydrogen-bond acceptors (Lipinski definition) is 4. The van der Waals surface area contributed by atoms with Gasteiger partial charge in [-0.25, -0.2) is 0 Å². The summed E-state index contributed by atoms with van der Waals surface area (Å²) >= 11 is 0. The largest absolute Gasteiger partial charge is 0.457 e. The van der Waals surface area contributed by atoms with Gasteiger partial charge < -0.3 is 14.6 Å². The molecule has 0 aromatic carbocycles. The molecule has 4 nitrogen and oxygen atoms in total. The number of ether oxygens (including phenoxy) is 2. The maximum absolute atomic E-state index is 12.1. The Labute approximate surface area is 285 Å². The molecule has 0 aliphatic carbocycles. The van der Waals surface area contributed by atoms with Crippen molar-refractivity contribution < 1.29 is 19.4 Å². The summed E-state index contributed by atoms with van der Waals surface area (Å²) in [5.41, 5.74) is 0. The van der Waals surface area contributed by atoms with Crippen LogP contribution in [-0.2, 0) is 14.3 Å². The Kier molecular flexibility index (Phi) is 37.2. The Morgan fingerprint density at radius 1 is 0.543 bits per heavy atom. The molecule has 0 heterocycles. The molecule has 1 unspecified atom stereocenters. The summed E-state index contributed by atoms with van der Waals surface area (Å²) in [5.74, 6) is -0.246. The first-order valence-corrected chi connectivity index (χ1v) is 19.0. The van der Waals surface area contributed by atoms with Gasteiger partial charge in [0.2, 0.25) is 0 Å². The van der Waals surface area contributed by atoms with E-state index in [1.165, 1.54) is 77.0 Å². The van der Waals surface area contributed by atoms with E-state index < -0.39 is 6.10 Å². The van der Waals surface area contributed by atoms with Crippen molar-refractivity contribution in [2.45, 2.75) is 168 Å². The van der Waals surface area contributed by atoms with Gasteiger partial charge in [-0.1, -0.05) is 145 Å². The summed E-state index contributed by atoms with van der Waals surface area (Å²) in [5, 5.41) is 9.56. The number of aliphatic hydroxyl groups is 1. The molecule has 0 bridgehead atoms. The van der Waals surface area contributed by atoms with Crippen LogP contribution in [0.25, 0.3) is 0 Å². The van der Waals surface area contributed by atoms with Crippen molar-refractivity contribution in [2.75, 3.05) is 19.8 Å². The molecule has 0 aromatic rings. The first-order chi connectivity index (χ1) is 22.7. The summed E-state index contributed by atoms with van der Waals surface area (Å²) in [7, 11) is 0. The van der Waals surface area contributed by atoms with Crippen molar-refractivity contribution in [1.29, 1.82) is 0 Å². The lowest BCUT2D eigenvalue weighted by Crippen LogP contribution is -2.27. The molecule has 0 spiro atoms. The highest BCUT2D eigenvalue weighted by molar-refractivity contribution is 5.69. The number of aliphatic hydroxyl groups excluding tert-OH is 1. The first-order valence-electron chi connectivity index (χ1n) is 19.0. The van der Waals surface area contributed by atoms with Crippen LogP contribution in [0.1, 0.15) is 162 Å². The fourth-order valence-corrected chi connectivity index (χ4v) is 4.94. The summed E-state index contributed by atoms with van der Waals surface area (Å²) < 4.78 is 11.1. The normalized spacial score (nSPS) is 13.2. The molecule has 0 radical (unpaired) electrons. The molecule has 0 aliphatic heterocycles. The fraction of sp³-hybridized carbons (Fsp3) is 0.690. The number of carbonyl (C=O) groups is 1. The lowest BCUT2D eigenvalue weighted by molar-refractivity contribution is -0.154. The van der Waals surface area contributed by atoms with Gasteiger partial charge in [-0.15, -0.1) is 0 Å². The van der Waals surface area contributed by atoms with Crippen LogP contribution in [0.3, 0.4) is 0 Å². The van der Waals surface area contributed by atoms with Gasteiger partial charge in [-0.3, -0.25) is 4.79 Å². The molecule has 0 amide bonds. The highest BCUT2D eigenvalue weighted by atomic mass is 16.6. The van der Waals surface area contributed by atoms with Crippen molar-refractivity contribution in [3.63, 3.8) is 0 Å². The van der Waals surface area contributed by atoms with Crippen LogP contribution in [0.5, 0.6) is 0 Å². The third-order valence-electron chi connectivity index (χ3n) is 7.77. The van der Waals surface area contributed by atoms with E-state index in [1.807, 2.05) is 0 Å². The number of rotatable bonds is 34. The van der Waals surface area contributed by atoms with Crippen molar-refractivity contribution in [3.8, 4) is 0 Å². The van der Waals surface area contributed by atoms with Crippen LogP contribution in [0.4, 0.5) is 0 Å². The van der Waals surface area contributed by atoms with Crippen LogP contribution < -0.4 is 0 Å². The van der Waals surface area contributed by atoms with E-state index in [4.69, 9.17) is 9.47 Å². The molecular formula is C42H72O4. The molecule has 46 heavy (non-hydrogen) atoms. The second kappa shape index (κ2) is 39.0. The van der Waals surface area contributed by atoms with E-state index >= 15 is 0 Å². The highest BCUT2D eigenvalue weighted by Gasteiger charge is 2.13. The van der Waals surface area contributed by atoms with E-state index in [1.54, 1.807) is 0 Å². The number of hydrogen-bond donors (Lipinski definition) is 1. The maximum atomic E-state index is 12.1. The highest BCUT2D eigenvalue weighted by Crippen LogP contribution is 2.11. The van der Waals surface area contributed by atoms with Crippen LogP contribution in [-0.4, -0.2) is 37.0 Å².